The molecule has 1 unspecified atom stereocenters. The van der Waals surface area contributed by atoms with Crippen LogP contribution in [0.25, 0.3) is 0 Å². The van der Waals surface area contributed by atoms with E-state index in [9.17, 15) is 4.79 Å². The quantitative estimate of drug-likeness (QED) is 0.427. The Hall–Kier alpha value is -1.75. The zero-order chi connectivity index (χ0) is 18.5. The van der Waals surface area contributed by atoms with Crippen LogP contribution in [0.1, 0.15) is 15.9 Å². The number of hydrogen-bond acceptors (Lipinski definition) is 3. The van der Waals surface area contributed by atoms with Gasteiger partial charge in [-0.05, 0) is 62.8 Å². The maximum absolute atomic E-state index is 12.8. The van der Waals surface area contributed by atoms with Gasteiger partial charge in [0.2, 0.25) is 0 Å². The van der Waals surface area contributed by atoms with E-state index in [1.54, 1.807) is 18.2 Å². The number of halogens is 1. The average molecular weight is 392 g/mol. The summed E-state index contributed by atoms with van der Waals surface area (Å²) in [4.78, 5) is 12.8. The van der Waals surface area contributed by atoms with Crippen LogP contribution >= 0.6 is 20.2 Å². The Balaban J connectivity index is 0.00000261. The summed E-state index contributed by atoms with van der Waals surface area (Å²) in [5.74, 6) is 2.01. The van der Waals surface area contributed by atoms with Crippen molar-refractivity contribution >= 4 is 49.9 Å². The molecule has 0 fully saturated rings. The fourth-order valence-corrected chi connectivity index (χ4v) is 3.94. The smallest absolute Gasteiger partial charge is 0.190 e. The van der Waals surface area contributed by atoms with Crippen molar-refractivity contribution in [3.8, 4) is 17.2 Å². The molecule has 3 aromatic rings. The van der Waals surface area contributed by atoms with Gasteiger partial charge in [0.1, 0.15) is 17.2 Å². The molecule has 6 heteroatoms. The first-order valence-corrected chi connectivity index (χ1v) is 9.43. The predicted octanol–water partition coefficient (Wildman–Crippen LogP) is 5.21. The summed E-state index contributed by atoms with van der Waals surface area (Å²) < 4.78 is 11.1. The van der Waals surface area contributed by atoms with E-state index in [-0.39, 0.29) is 33.0 Å². The van der Waals surface area contributed by atoms with E-state index in [1.807, 2.05) is 55.5 Å². The van der Waals surface area contributed by atoms with Gasteiger partial charge in [-0.1, -0.05) is 41.9 Å². The van der Waals surface area contributed by atoms with E-state index in [1.165, 1.54) is 7.11 Å². The Labute approximate surface area is 178 Å². The SMILES string of the molecule is COc1cccc(Cl)c1C(=O)Pc1ccc(Oc2ccccc2)cc1C.[Li]. The first-order valence-electron chi connectivity index (χ1n) is 8.06. The third-order valence-corrected chi connectivity index (χ3v) is 5.47. The Bertz CT molecular complexity index is 932. The topological polar surface area (TPSA) is 35.5 Å². The van der Waals surface area contributed by atoms with Crippen LogP contribution in [0.3, 0.4) is 0 Å². The average Bonchev–Trinajstić information content (AvgIpc) is 2.64. The number of aryl methyl sites for hydroxylation is 1. The van der Waals surface area contributed by atoms with Gasteiger partial charge >= 0.3 is 0 Å². The Morgan fingerprint density at radius 1 is 0.963 bits per heavy atom. The molecule has 0 aliphatic carbocycles. The van der Waals surface area contributed by atoms with Crippen LogP contribution in [0.4, 0.5) is 0 Å². The molecule has 133 valence electrons. The van der Waals surface area contributed by atoms with Gasteiger partial charge in [-0.15, -0.1) is 0 Å². The summed E-state index contributed by atoms with van der Waals surface area (Å²) in [7, 11) is 1.49. The number of carbonyl (C=O) groups is 1. The van der Waals surface area contributed by atoms with Crippen LogP contribution in [0, 0.1) is 6.92 Å². The van der Waals surface area contributed by atoms with Gasteiger partial charge in [0.25, 0.3) is 0 Å². The number of hydrogen-bond donors (Lipinski definition) is 0. The van der Waals surface area contributed by atoms with Crippen LogP contribution in [0.2, 0.25) is 5.02 Å². The van der Waals surface area contributed by atoms with Crippen molar-refractivity contribution in [1.29, 1.82) is 0 Å². The van der Waals surface area contributed by atoms with Crippen molar-refractivity contribution in [2.45, 2.75) is 6.92 Å². The molecule has 0 heterocycles. The summed E-state index contributed by atoms with van der Waals surface area (Å²) in [6.07, 6.45) is 0. The summed E-state index contributed by atoms with van der Waals surface area (Å²) >= 11 is 6.21. The van der Waals surface area contributed by atoms with Crippen molar-refractivity contribution in [2.75, 3.05) is 7.11 Å². The fraction of sp³-hybridized carbons (Fsp3) is 0.0952. The predicted molar refractivity (Wildman–Crippen MR) is 114 cm³/mol. The van der Waals surface area contributed by atoms with Crippen LogP contribution in [-0.2, 0) is 0 Å². The third-order valence-electron chi connectivity index (χ3n) is 3.85. The third kappa shape index (κ3) is 5.38. The molecule has 3 aromatic carbocycles. The molecule has 0 aromatic heterocycles. The maximum atomic E-state index is 12.8. The standard InChI is InChI=1S/C21H18ClO3P.Li/c1-14-13-16(25-15-7-4-3-5-8-15)11-12-19(14)26-21(23)20-17(22)9-6-10-18(20)24-2;/h3-13,26H,1-2H3;. The minimum atomic E-state index is -0.0488. The van der Waals surface area contributed by atoms with Crippen molar-refractivity contribution in [2.24, 2.45) is 0 Å². The molecule has 0 bridgehead atoms. The number of benzene rings is 3. The fourth-order valence-electron chi connectivity index (χ4n) is 2.54. The van der Waals surface area contributed by atoms with Crippen molar-refractivity contribution in [3.05, 3.63) is 82.9 Å². The molecule has 3 rings (SSSR count). The summed E-state index contributed by atoms with van der Waals surface area (Å²) in [5.41, 5.74) is 1.38. The Morgan fingerprint density at radius 2 is 1.70 bits per heavy atom. The molecular weight excluding hydrogens is 374 g/mol. The molecule has 0 amide bonds. The molecule has 0 spiro atoms. The van der Waals surface area contributed by atoms with E-state index in [2.05, 4.69) is 0 Å². The number of methoxy groups -OCH3 is 1. The van der Waals surface area contributed by atoms with Crippen LogP contribution in [0.15, 0.2) is 66.7 Å². The number of rotatable bonds is 6. The molecule has 0 N–H and O–H groups in total. The Morgan fingerprint density at radius 3 is 2.37 bits per heavy atom. The summed E-state index contributed by atoms with van der Waals surface area (Å²) in [5, 5.41) is 1.36. The molecule has 1 atom stereocenters. The van der Waals surface area contributed by atoms with Crippen LogP contribution in [0.5, 0.6) is 17.2 Å². The second-order valence-electron chi connectivity index (χ2n) is 5.66. The monoisotopic (exact) mass is 391 g/mol. The molecule has 0 aliphatic heterocycles. The van der Waals surface area contributed by atoms with Gasteiger partial charge in [0.05, 0.1) is 17.7 Å². The van der Waals surface area contributed by atoms with Crippen molar-refractivity contribution in [1.82, 2.24) is 0 Å². The van der Waals surface area contributed by atoms with Crippen molar-refractivity contribution < 1.29 is 14.3 Å². The van der Waals surface area contributed by atoms with E-state index in [4.69, 9.17) is 21.1 Å². The zero-order valence-corrected chi connectivity index (χ0v) is 17.2. The molecule has 1 radical (unpaired) electrons. The molecule has 27 heavy (non-hydrogen) atoms. The van der Waals surface area contributed by atoms with Crippen LogP contribution in [-0.4, -0.2) is 31.5 Å². The van der Waals surface area contributed by atoms with Crippen LogP contribution < -0.4 is 14.8 Å². The second-order valence-corrected chi connectivity index (χ2v) is 7.31. The first kappa shape index (κ1) is 21.5. The normalized spacial score (nSPS) is 10.5. The maximum Gasteiger partial charge on any atom is 0.190 e. The van der Waals surface area contributed by atoms with Gasteiger partial charge in [0, 0.05) is 18.9 Å². The van der Waals surface area contributed by atoms with E-state index in [0.717, 1.165) is 22.4 Å². The van der Waals surface area contributed by atoms with Gasteiger partial charge in [-0.25, -0.2) is 0 Å². The second kappa shape index (κ2) is 9.97. The van der Waals surface area contributed by atoms with Gasteiger partial charge < -0.3 is 9.47 Å². The summed E-state index contributed by atoms with van der Waals surface area (Å²) in [6, 6.07) is 20.5. The number of carbonyl (C=O) groups excluding carboxylic acids is 1. The van der Waals surface area contributed by atoms with Gasteiger partial charge in [-0.3, -0.25) is 4.79 Å². The van der Waals surface area contributed by atoms with E-state index < -0.39 is 0 Å². The molecular formula is C21H18ClLiO3P. The molecule has 0 aliphatic rings. The van der Waals surface area contributed by atoms with E-state index >= 15 is 0 Å². The number of ether oxygens (including phenoxy) is 2. The van der Waals surface area contributed by atoms with Gasteiger partial charge in [-0.2, -0.15) is 0 Å². The van der Waals surface area contributed by atoms with E-state index in [0.29, 0.717) is 16.3 Å². The Kier molecular flexibility index (Phi) is 7.96. The summed E-state index contributed by atoms with van der Waals surface area (Å²) in [6.45, 7) is 1.97. The van der Waals surface area contributed by atoms with Gasteiger partial charge in [0.15, 0.2) is 5.52 Å². The minimum Gasteiger partial charge on any atom is -0.496 e. The molecule has 3 nitrogen and oxygen atoms in total. The molecule has 0 saturated heterocycles. The molecule has 0 saturated carbocycles. The van der Waals surface area contributed by atoms with Crippen molar-refractivity contribution in [3.63, 3.8) is 0 Å². The first-order chi connectivity index (χ1) is 12.6. The zero-order valence-electron chi connectivity index (χ0n) is 15.5. The largest absolute Gasteiger partial charge is 0.496 e. The number of para-hydroxylation sites is 1. The minimum absolute atomic E-state index is 0.